The highest BCUT2D eigenvalue weighted by Gasteiger charge is 2.41. The van der Waals surface area contributed by atoms with Crippen molar-refractivity contribution >= 4 is 23.4 Å². The summed E-state index contributed by atoms with van der Waals surface area (Å²) in [5.41, 5.74) is 0.711. The lowest BCUT2D eigenvalue weighted by molar-refractivity contribution is -0.0960. The molecule has 2 fully saturated rings. The molecule has 0 saturated carbocycles. The first-order chi connectivity index (χ1) is 9.71. The third kappa shape index (κ3) is 3.07. The fraction of sp³-hybridized carbons (Fsp3) is 0.600. The standard InChI is InChI=1S/C15H18ClFO2S/c16-9-11-7-12(17)1-2-14(11)19-13-3-5-18-15(8-13)4-6-20-10-15/h1-2,7,13H,3-6,8-10H2. The van der Waals surface area contributed by atoms with Crippen LogP contribution in [-0.2, 0) is 10.6 Å². The van der Waals surface area contributed by atoms with Crippen molar-refractivity contribution in [1.82, 2.24) is 0 Å². The fourth-order valence-corrected chi connectivity index (χ4v) is 4.48. The van der Waals surface area contributed by atoms with Gasteiger partial charge >= 0.3 is 0 Å². The van der Waals surface area contributed by atoms with Gasteiger partial charge in [-0.25, -0.2) is 4.39 Å². The maximum Gasteiger partial charge on any atom is 0.124 e. The Bertz CT molecular complexity index is 477. The Kier molecular flexibility index (Phi) is 4.43. The quantitative estimate of drug-likeness (QED) is 0.785. The predicted octanol–water partition coefficient (Wildman–Crippen LogP) is 4.00. The molecule has 0 radical (unpaired) electrons. The van der Waals surface area contributed by atoms with Crippen LogP contribution in [0.15, 0.2) is 18.2 Å². The number of benzene rings is 1. The third-order valence-corrected chi connectivity index (χ3v) is 5.49. The van der Waals surface area contributed by atoms with E-state index in [0.29, 0.717) is 11.3 Å². The van der Waals surface area contributed by atoms with E-state index in [1.54, 1.807) is 6.07 Å². The van der Waals surface area contributed by atoms with E-state index < -0.39 is 0 Å². The second kappa shape index (κ2) is 6.12. The zero-order valence-corrected chi connectivity index (χ0v) is 12.8. The van der Waals surface area contributed by atoms with E-state index in [1.807, 2.05) is 11.8 Å². The van der Waals surface area contributed by atoms with Gasteiger partial charge in [0.2, 0.25) is 0 Å². The highest BCUT2D eigenvalue weighted by molar-refractivity contribution is 7.99. The average Bonchev–Trinajstić information content (AvgIpc) is 2.89. The molecule has 20 heavy (non-hydrogen) atoms. The molecule has 110 valence electrons. The van der Waals surface area contributed by atoms with Crippen LogP contribution in [0.5, 0.6) is 5.75 Å². The zero-order valence-electron chi connectivity index (χ0n) is 11.2. The smallest absolute Gasteiger partial charge is 0.124 e. The van der Waals surface area contributed by atoms with Crippen LogP contribution in [0.4, 0.5) is 4.39 Å². The SMILES string of the molecule is Fc1ccc(OC2CCOC3(CCSC3)C2)c(CCl)c1. The molecule has 2 atom stereocenters. The van der Waals surface area contributed by atoms with Gasteiger partial charge in [-0.3, -0.25) is 0 Å². The van der Waals surface area contributed by atoms with E-state index in [2.05, 4.69) is 0 Å². The van der Waals surface area contributed by atoms with Crippen molar-refractivity contribution in [3.05, 3.63) is 29.6 Å². The van der Waals surface area contributed by atoms with Crippen molar-refractivity contribution in [2.24, 2.45) is 0 Å². The van der Waals surface area contributed by atoms with E-state index in [0.717, 1.165) is 37.4 Å². The van der Waals surface area contributed by atoms with Gasteiger partial charge in [0.15, 0.2) is 0 Å². The lowest BCUT2D eigenvalue weighted by Crippen LogP contribution is -2.43. The van der Waals surface area contributed by atoms with Crippen LogP contribution >= 0.6 is 23.4 Å². The predicted molar refractivity (Wildman–Crippen MR) is 80.2 cm³/mol. The van der Waals surface area contributed by atoms with Crippen molar-refractivity contribution in [1.29, 1.82) is 0 Å². The van der Waals surface area contributed by atoms with E-state index in [9.17, 15) is 4.39 Å². The second-order valence-corrected chi connectivity index (χ2v) is 6.82. The summed E-state index contributed by atoms with van der Waals surface area (Å²) >= 11 is 7.81. The van der Waals surface area contributed by atoms with Gasteiger partial charge in [0.25, 0.3) is 0 Å². The Hall–Kier alpha value is -0.450. The number of hydrogen-bond acceptors (Lipinski definition) is 3. The van der Waals surface area contributed by atoms with Crippen molar-refractivity contribution in [3.63, 3.8) is 0 Å². The molecule has 2 nitrogen and oxygen atoms in total. The normalized spacial score (nSPS) is 29.8. The molecule has 2 saturated heterocycles. The minimum Gasteiger partial charge on any atom is -0.490 e. The maximum atomic E-state index is 13.2. The molecule has 2 aliphatic heterocycles. The third-order valence-electron chi connectivity index (χ3n) is 3.98. The molecular weight excluding hydrogens is 299 g/mol. The number of hydrogen-bond donors (Lipinski definition) is 0. The van der Waals surface area contributed by atoms with Gasteiger partial charge in [0.1, 0.15) is 17.7 Å². The number of alkyl halides is 1. The van der Waals surface area contributed by atoms with Crippen LogP contribution in [0.3, 0.4) is 0 Å². The molecule has 0 N–H and O–H groups in total. The largest absolute Gasteiger partial charge is 0.490 e. The van der Waals surface area contributed by atoms with Crippen LogP contribution in [0, 0.1) is 5.82 Å². The van der Waals surface area contributed by atoms with Crippen molar-refractivity contribution in [2.45, 2.75) is 36.8 Å². The van der Waals surface area contributed by atoms with Crippen molar-refractivity contribution in [3.8, 4) is 5.75 Å². The number of ether oxygens (including phenoxy) is 2. The first-order valence-electron chi connectivity index (χ1n) is 6.93. The van der Waals surface area contributed by atoms with Crippen LogP contribution in [0.1, 0.15) is 24.8 Å². The molecule has 0 aliphatic carbocycles. The Morgan fingerprint density at radius 3 is 3.15 bits per heavy atom. The molecule has 2 heterocycles. The van der Waals surface area contributed by atoms with E-state index in [4.69, 9.17) is 21.1 Å². The highest BCUT2D eigenvalue weighted by Crippen LogP contribution is 2.39. The molecule has 0 aromatic heterocycles. The summed E-state index contributed by atoms with van der Waals surface area (Å²) in [5.74, 6) is 2.91. The minimum absolute atomic E-state index is 0.00522. The summed E-state index contributed by atoms with van der Waals surface area (Å²) in [5, 5.41) is 0. The molecule has 1 spiro atoms. The Balaban J connectivity index is 1.71. The summed E-state index contributed by atoms with van der Waals surface area (Å²) in [4.78, 5) is 0. The molecule has 2 unspecified atom stereocenters. The molecule has 0 amide bonds. The maximum absolute atomic E-state index is 13.2. The van der Waals surface area contributed by atoms with Gasteiger partial charge in [0, 0.05) is 24.2 Å². The van der Waals surface area contributed by atoms with Crippen LogP contribution < -0.4 is 4.74 Å². The lowest BCUT2D eigenvalue weighted by Gasteiger charge is -2.37. The molecular formula is C15H18ClFO2S. The molecule has 5 heteroatoms. The Morgan fingerprint density at radius 2 is 2.40 bits per heavy atom. The lowest BCUT2D eigenvalue weighted by atomic mass is 9.91. The zero-order chi connectivity index (χ0) is 14.0. The average molecular weight is 317 g/mol. The van der Waals surface area contributed by atoms with E-state index >= 15 is 0 Å². The summed E-state index contributed by atoms with van der Waals surface area (Å²) < 4.78 is 25.3. The summed E-state index contributed by atoms with van der Waals surface area (Å²) in [6.07, 6.45) is 3.03. The highest BCUT2D eigenvalue weighted by atomic mass is 35.5. The number of thioether (sulfide) groups is 1. The van der Waals surface area contributed by atoms with E-state index in [1.165, 1.54) is 12.1 Å². The number of halogens is 2. The summed E-state index contributed by atoms with van der Waals surface area (Å²) in [6, 6.07) is 4.55. The molecule has 1 aromatic rings. The van der Waals surface area contributed by atoms with Gasteiger partial charge in [-0.2, -0.15) is 11.8 Å². The second-order valence-electron chi connectivity index (χ2n) is 5.45. The van der Waals surface area contributed by atoms with Crippen LogP contribution in [-0.4, -0.2) is 29.8 Å². The first kappa shape index (κ1) is 14.5. The monoisotopic (exact) mass is 316 g/mol. The van der Waals surface area contributed by atoms with Gasteiger partial charge in [-0.05, 0) is 30.4 Å². The Morgan fingerprint density at radius 1 is 1.50 bits per heavy atom. The summed E-state index contributed by atoms with van der Waals surface area (Å²) in [7, 11) is 0. The fourth-order valence-electron chi connectivity index (χ4n) is 2.89. The van der Waals surface area contributed by atoms with Gasteiger partial charge in [-0.15, -0.1) is 11.6 Å². The Labute approximate surface area is 128 Å². The van der Waals surface area contributed by atoms with Crippen molar-refractivity contribution in [2.75, 3.05) is 18.1 Å². The molecule has 0 bridgehead atoms. The van der Waals surface area contributed by atoms with Gasteiger partial charge in [0.05, 0.1) is 18.1 Å². The van der Waals surface area contributed by atoms with Gasteiger partial charge < -0.3 is 9.47 Å². The topological polar surface area (TPSA) is 18.5 Å². The van der Waals surface area contributed by atoms with Gasteiger partial charge in [-0.1, -0.05) is 0 Å². The van der Waals surface area contributed by atoms with E-state index in [-0.39, 0.29) is 23.4 Å². The molecule has 2 aliphatic rings. The van der Waals surface area contributed by atoms with Crippen LogP contribution in [0.25, 0.3) is 0 Å². The first-order valence-corrected chi connectivity index (χ1v) is 8.62. The minimum atomic E-state index is -0.274. The molecule has 3 rings (SSSR count). The van der Waals surface area contributed by atoms with Crippen LogP contribution in [0.2, 0.25) is 0 Å². The molecule has 1 aromatic carbocycles. The number of rotatable bonds is 3. The van der Waals surface area contributed by atoms with Crippen molar-refractivity contribution < 1.29 is 13.9 Å². The summed E-state index contributed by atoms with van der Waals surface area (Å²) in [6.45, 7) is 0.739.